The number of halogens is 1. The summed E-state index contributed by atoms with van der Waals surface area (Å²) in [5.74, 6) is 0.219. The molecule has 1 aromatic heterocycles. The monoisotopic (exact) mass is 526 g/mol. The van der Waals surface area contributed by atoms with E-state index in [-0.39, 0.29) is 11.7 Å². The van der Waals surface area contributed by atoms with Crippen molar-refractivity contribution >= 4 is 5.97 Å². The fourth-order valence-corrected chi connectivity index (χ4v) is 7.12. The van der Waals surface area contributed by atoms with Gasteiger partial charge in [0.15, 0.2) is 0 Å². The lowest BCUT2D eigenvalue weighted by Gasteiger charge is -2.35. The molecule has 3 heterocycles. The van der Waals surface area contributed by atoms with Gasteiger partial charge < -0.3 is 14.9 Å². The van der Waals surface area contributed by atoms with Crippen molar-refractivity contribution in [3.8, 4) is 0 Å². The van der Waals surface area contributed by atoms with Crippen LogP contribution in [0.1, 0.15) is 87.7 Å². The smallest absolute Gasteiger partial charge is 0.310 e. The third kappa shape index (κ3) is 5.84. The Morgan fingerprint density at radius 1 is 1.11 bits per heavy atom. The number of carbonyl (C=O) groups is 1. The molecule has 1 N–H and O–H groups in total. The van der Waals surface area contributed by atoms with Gasteiger partial charge in [-0.25, -0.2) is 4.39 Å². The van der Waals surface area contributed by atoms with Crippen molar-refractivity contribution in [2.45, 2.75) is 85.1 Å². The fraction of sp³-hybridized carbons (Fsp3) is 0.677. The van der Waals surface area contributed by atoms with Crippen LogP contribution in [0, 0.1) is 24.1 Å². The van der Waals surface area contributed by atoms with Gasteiger partial charge in [-0.1, -0.05) is 32.9 Å². The van der Waals surface area contributed by atoms with Crippen LogP contribution < -0.4 is 0 Å². The van der Waals surface area contributed by atoms with E-state index in [1.54, 1.807) is 12.1 Å². The molecule has 2 atom stereocenters. The Morgan fingerprint density at radius 2 is 1.82 bits per heavy atom. The molecule has 2 aromatic rings. The topological polar surface area (TPSA) is 61.6 Å². The molecule has 38 heavy (non-hydrogen) atoms. The van der Waals surface area contributed by atoms with Crippen molar-refractivity contribution < 1.29 is 14.3 Å². The summed E-state index contributed by atoms with van der Waals surface area (Å²) < 4.78 is 16.4. The van der Waals surface area contributed by atoms with Gasteiger partial charge in [0.1, 0.15) is 5.82 Å². The first kappa shape index (κ1) is 28.8. The number of benzene rings is 1. The van der Waals surface area contributed by atoms with Crippen molar-refractivity contribution in [1.29, 1.82) is 0 Å². The molecule has 0 saturated carbocycles. The maximum atomic E-state index is 14.2. The molecule has 0 unspecified atom stereocenters. The lowest BCUT2D eigenvalue weighted by molar-refractivity contribution is -0.150. The van der Waals surface area contributed by atoms with Crippen molar-refractivity contribution in [3.05, 3.63) is 52.6 Å². The second-order valence-corrected chi connectivity index (χ2v) is 11.6. The Bertz CT molecular complexity index is 1090. The first-order valence-corrected chi connectivity index (χ1v) is 14.7. The number of nitrogens with zero attached hydrogens (tertiary/aromatic N) is 4. The number of aliphatic carboxylic acids is 1. The number of rotatable bonds is 11. The van der Waals surface area contributed by atoms with E-state index in [0.29, 0.717) is 31.2 Å². The highest BCUT2D eigenvalue weighted by atomic mass is 19.1. The number of aromatic nitrogens is 2. The van der Waals surface area contributed by atoms with Gasteiger partial charge in [-0.15, -0.1) is 0 Å². The molecule has 2 aliphatic rings. The zero-order valence-electron chi connectivity index (χ0n) is 24.0. The summed E-state index contributed by atoms with van der Waals surface area (Å²) in [7, 11) is 0. The Hall–Kier alpha value is -2.25. The SMILES string of the molecule is CCc1nn(CC)c(C)c1C1CCN(C[C@@H]2CN(CC(CC)(CC)C(=O)O)C[C@@H]2c2cccc(F)c2)CC1. The van der Waals surface area contributed by atoms with Crippen molar-refractivity contribution in [2.24, 2.45) is 11.3 Å². The van der Waals surface area contributed by atoms with Crippen LogP contribution in [0.25, 0.3) is 0 Å². The third-order valence-electron chi connectivity index (χ3n) is 9.58. The average Bonchev–Trinajstić information content (AvgIpc) is 3.47. The predicted molar refractivity (Wildman–Crippen MR) is 150 cm³/mol. The van der Waals surface area contributed by atoms with Crippen molar-refractivity contribution in [3.63, 3.8) is 0 Å². The molecule has 210 valence electrons. The number of hydrogen-bond acceptors (Lipinski definition) is 4. The molecule has 0 aliphatic carbocycles. The van der Waals surface area contributed by atoms with E-state index in [9.17, 15) is 14.3 Å². The quantitative estimate of drug-likeness (QED) is 0.407. The summed E-state index contributed by atoms with van der Waals surface area (Å²) in [4.78, 5) is 17.1. The van der Waals surface area contributed by atoms with E-state index >= 15 is 0 Å². The zero-order valence-corrected chi connectivity index (χ0v) is 24.0. The number of hydrogen-bond donors (Lipinski definition) is 1. The van der Waals surface area contributed by atoms with Crippen molar-refractivity contribution in [2.75, 3.05) is 39.3 Å². The predicted octanol–water partition coefficient (Wildman–Crippen LogP) is 5.70. The van der Waals surface area contributed by atoms with Gasteiger partial charge in [0.2, 0.25) is 0 Å². The minimum absolute atomic E-state index is 0.197. The maximum Gasteiger partial charge on any atom is 0.310 e. The van der Waals surface area contributed by atoms with Crippen LogP contribution in [0.5, 0.6) is 0 Å². The average molecular weight is 527 g/mol. The highest BCUT2D eigenvalue weighted by molar-refractivity contribution is 5.74. The van der Waals surface area contributed by atoms with Gasteiger partial charge in [-0.2, -0.15) is 5.10 Å². The van der Waals surface area contributed by atoms with Gasteiger partial charge in [-0.3, -0.25) is 9.48 Å². The highest BCUT2D eigenvalue weighted by Crippen LogP contribution is 2.39. The first-order valence-electron chi connectivity index (χ1n) is 14.7. The lowest BCUT2D eigenvalue weighted by Crippen LogP contribution is -2.42. The standard InChI is InChI=1S/C31H47FN4O2/c1-6-28-29(22(5)36(9-4)33-28)23-13-15-34(16-14-23)18-25-19-35(21-31(7-2,8-3)30(37)38)20-27(25)24-11-10-12-26(32)17-24/h10-12,17,23,25,27H,6-9,13-16,18-21H2,1-5H3,(H,37,38)/t25-,27-/m1/s1. The van der Waals surface area contributed by atoms with Gasteiger partial charge >= 0.3 is 5.97 Å². The summed E-state index contributed by atoms with van der Waals surface area (Å²) >= 11 is 0. The summed E-state index contributed by atoms with van der Waals surface area (Å²) in [6.07, 6.45) is 4.48. The van der Waals surface area contributed by atoms with Crippen LogP contribution in [0.15, 0.2) is 24.3 Å². The molecule has 6 nitrogen and oxygen atoms in total. The molecule has 4 rings (SSSR count). The molecule has 0 bridgehead atoms. The molecular formula is C31H47FN4O2. The van der Waals surface area contributed by atoms with Crippen LogP contribution >= 0.6 is 0 Å². The summed E-state index contributed by atoms with van der Waals surface area (Å²) in [5.41, 5.74) is 4.37. The fourth-order valence-electron chi connectivity index (χ4n) is 7.12. The lowest BCUT2D eigenvalue weighted by atomic mass is 9.82. The highest BCUT2D eigenvalue weighted by Gasteiger charge is 2.42. The maximum absolute atomic E-state index is 14.2. The number of piperidine rings is 1. The molecule has 0 spiro atoms. The van der Waals surface area contributed by atoms with E-state index < -0.39 is 11.4 Å². The molecular weight excluding hydrogens is 479 g/mol. The minimum Gasteiger partial charge on any atom is -0.481 e. The molecule has 0 amide bonds. The van der Waals surface area contributed by atoms with E-state index in [1.807, 2.05) is 19.9 Å². The van der Waals surface area contributed by atoms with Crippen LogP contribution in [0.3, 0.4) is 0 Å². The number of carboxylic acids is 1. The Labute approximate surface area is 228 Å². The Kier molecular flexibility index (Phi) is 9.30. The van der Waals surface area contributed by atoms with Crippen LogP contribution in [-0.4, -0.2) is 69.9 Å². The number of likely N-dealkylation sites (tertiary alicyclic amines) is 2. The van der Waals surface area contributed by atoms with Gasteiger partial charge in [0.05, 0.1) is 11.1 Å². The zero-order chi connectivity index (χ0) is 27.4. The van der Waals surface area contributed by atoms with Crippen LogP contribution in [0.4, 0.5) is 4.39 Å². The van der Waals surface area contributed by atoms with E-state index in [1.165, 1.54) is 23.0 Å². The van der Waals surface area contributed by atoms with Gasteiger partial charge in [0, 0.05) is 44.3 Å². The molecule has 2 aliphatic heterocycles. The van der Waals surface area contributed by atoms with Crippen LogP contribution in [0.2, 0.25) is 0 Å². The van der Waals surface area contributed by atoms with E-state index in [4.69, 9.17) is 5.10 Å². The van der Waals surface area contributed by atoms with E-state index in [2.05, 4.69) is 35.3 Å². The van der Waals surface area contributed by atoms with Gasteiger partial charge in [0.25, 0.3) is 0 Å². The molecule has 1 aromatic carbocycles. The second kappa shape index (κ2) is 12.3. The largest absolute Gasteiger partial charge is 0.481 e. The minimum atomic E-state index is -0.725. The summed E-state index contributed by atoms with van der Waals surface area (Å²) in [6.45, 7) is 16.7. The van der Waals surface area contributed by atoms with E-state index in [0.717, 1.165) is 64.1 Å². The molecule has 2 saturated heterocycles. The summed E-state index contributed by atoms with van der Waals surface area (Å²) in [6, 6.07) is 7.03. The molecule has 7 heteroatoms. The van der Waals surface area contributed by atoms with Gasteiger partial charge in [-0.05, 0) is 94.1 Å². The van der Waals surface area contributed by atoms with Crippen molar-refractivity contribution in [1.82, 2.24) is 19.6 Å². The third-order valence-corrected chi connectivity index (χ3v) is 9.58. The summed E-state index contributed by atoms with van der Waals surface area (Å²) in [5, 5.41) is 14.9. The number of aryl methyl sites for hydroxylation is 2. The molecule has 2 fully saturated rings. The Balaban J connectivity index is 1.47. The normalized spacial score (nSPS) is 21.8. The second-order valence-electron chi connectivity index (χ2n) is 11.6. The molecule has 0 radical (unpaired) electrons. The van der Waals surface area contributed by atoms with Crippen LogP contribution in [-0.2, 0) is 17.8 Å². The number of carboxylic acid groups (broad SMARTS) is 1. The Morgan fingerprint density at radius 3 is 2.39 bits per heavy atom. The first-order chi connectivity index (χ1) is 18.2.